The third-order valence-corrected chi connectivity index (χ3v) is 2.58. The molecule has 0 radical (unpaired) electrons. The fourth-order valence-electron chi connectivity index (χ4n) is 0.868. The van der Waals surface area contributed by atoms with Crippen molar-refractivity contribution >= 4 is 48.7 Å². The normalized spacial score (nSPS) is 10.7. The highest BCUT2D eigenvalue weighted by atomic mass is 79.9. The molecule has 1 heterocycles. The van der Waals surface area contributed by atoms with E-state index in [1.807, 2.05) is 0 Å². The van der Waals surface area contributed by atoms with Gasteiger partial charge < -0.3 is 0 Å². The van der Waals surface area contributed by atoms with Crippen molar-refractivity contribution in [2.75, 3.05) is 0 Å². The van der Waals surface area contributed by atoms with Crippen LogP contribution in [0, 0.1) is 0 Å². The second kappa shape index (κ2) is 4.63. The zero-order valence-electron chi connectivity index (χ0n) is 6.40. The van der Waals surface area contributed by atoms with E-state index < -0.39 is 17.2 Å². The fraction of sp³-hybridized carbons (Fsp3) is 0.143. The number of rotatable bonds is 2. The van der Waals surface area contributed by atoms with Crippen LogP contribution in [0.15, 0.2) is 15.3 Å². The lowest BCUT2D eigenvalue weighted by molar-refractivity contribution is 0.106. The average molecular weight is 349 g/mol. The molecule has 0 saturated carbocycles. The van der Waals surface area contributed by atoms with Crippen LogP contribution in [0.25, 0.3) is 0 Å². The molecule has 0 fully saturated rings. The van der Waals surface area contributed by atoms with E-state index in [4.69, 9.17) is 11.6 Å². The smallest absolute Gasteiger partial charge is 0.264 e. The molecule has 1 aromatic heterocycles. The summed E-state index contributed by atoms with van der Waals surface area (Å²) in [5.74, 6) is 0. The molecule has 0 aliphatic rings. The molecular formula is C7H2Br2ClF2NO. The van der Waals surface area contributed by atoms with Gasteiger partial charge in [0.2, 0.25) is 0 Å². The van der Waals surface area contributed by atoms with Gasteiger partial charge in [0.05, 0.1) is 5.56 Å². The molecule has 0 amide bonds. The molecule has 7 heteroatoms. The average Bonchev–Trinajstić information content (AvgIpc) is 2.01. The second-order valence-electron chi connectivity index (χ2n) is 2.27. The van der Waals surface area contributed by atoms with Crippen LogP contribution in [-0.2, 0) is 0 Å². The molecular weight excluding hydrogens is 347 g/mol. The number of halogens is 5. The molecule has 0 saturated heterocycles. The van der Waals surface area contributed by atoms with E-state index in [0.717, 1.165) is 6.07 Å². The third kappa shape index (κ3) is 2.49. The van der Waals surface area contributed by atoms with Crippen LogP contribution in [-0.4, -0.2) is 10.2 Å². The number of aromatic nitrogens is 1. The van der Waals surface area contributed by atoms with Gasteiger partial charge in [-0.15, -0.1) is 0 Å². The van der Waals surface area contributed by atoms with Crippen LogP contribution >= 0.6 is 43.5 Å². The van der Waals surface area contributed by atoms with Gasteiger partial charge in [0.25, 0.3) is 11.7 Å². The summed E-state index contributed by atoms with van der Waals surface area (Å²) in [7, 11) is 0. The van der Waals surface area contributed by atoms with E-state index in [0.29, 0.717) is 0 Å². The van der Waals surface area contributed by atoms with E-state index >= 15 is 0 Å². The van der Waals surface area contributed by atoms with Crippen LogP contribution in [0.3, 0.4) is 0 Å². The third-order valence-electron chi connectivity index (χ3n) is 1.41. The highest BCUT2D eigenvalue weighted by Gasteiger charge is 2.21. The molecule has 76 valence electrons. The van der Waals surface area contributed by atoms with Crippen LogP contribution in [0.2, 0.25) is 0 Å². The van der Waals surface area contributed by atoms with Crippen LogP contribution in [0.1, 0.15) is 22.3 Å². The second-order valence-corrected chi connectivity index (χ2v) is 4.18. The standard InChI is InChI=1S/C7H2Br2ClF2NO/c8-3-1-2(7(11)12)4(6(10)14)5(9)13-3/h1,7H. The maximum Gasteiger partial charge on any atom is 0.264 e. The van der Waals surface area contributed by atoms with Gasteiger partial charge in [0, 0.05) is 5.56 Å². The molecule has 1 rings (SSSR count). The lowest BCUT2D eigenvalue weighted by Crippen LogP contribution is -2.02. The van der Waals surface area contributed by atoms with Gasteiger partial charge in [0.15, 0.2) is 0 Å². The molecule has 14 heavy (non-hydrogen) atoms. The summed E-state index contributed by atoms with van der Waals surface area (Å²) in [6.45, 7) is 0. The van der Waals surface area contributed by atoms with Crippen molar-refractivity contribution in [3.8, 4) is 0 Å². The molecule has 0 aliphatic carbocycles. The Bertz CT molecular complexity index is 386. The molecule has 0 aliphatic heterocycles. The molecule has 0 aromatic carbocycles. The minimum atomic E-state index is -2.77. The molecule has 0 bridgehead atoms. The fourth-order valence-corrected chi connectivity index (χ4v) is 2.44. The first-order valence-electron chi connectivity index (χ1n) is 3.27. The summed E-state index contributed by atoms with van der Waals surface area (Å²) in [4.78, 5) is 14.6. The van der Waals surface area contributed by atoms with Gasteiger partial charge in [0.1, 0.15) is 9.21 Å². The van der Waals surface area contributed by atoms with E-state index in [1.165, 1.54) is 0 Å². The Labute approximate surface area is 99.9 Å². The quantitative estimate of drug-likeness (QED) is 0.598. The Hall–Kier alpha value is -0.0700. The highest BCUT2D eigenvalue weighted by molar-refractivity contribution is 9.11. The largest absolute Gasteiger partial charge is 0.275 e. The van der Waals surface area contributed by atoms with E-state index in [1.54, 1.807) is 0 Å². The van der Waals surface area contributed by atoms with Crippen molar-refractivity contribution < 1.29 is 13.6 Å². The summed E-state index contributed by atoms with van der Waals surface area (Å²) in [5, 5.41) is -0.966. The minimum Gasteiger partial charge on any atom is -0.275 e. The summed E-state index contributed by atoms with van der Waals surface area (Å²) in [6, 6.07) is 1.06. The van der Waals surface area contributed by atoms with Crippen molar-refractivity contribution in [2.24, 2.45) is 0 Å². The number of carbonyl (C=O) groups excluding carboxylic acids is 1. The zero-order chi connectivity index (χ0) is 10.9. The van der Waals surface area contributed by atoms with Crippen molar-refractivity contribution in [2.45, 2.75) is 6.43 Å². The highest BCUT2D eigenvalue weighted by Crippen LogP contribution is 2.30. The first-order chi connectivity index (χ1) is 6.43. The summed E-state index contributed by atoms with van der Waals surface area (Å²) in [6.07, 6.45) is -2.77. The Balaban J connectivity index is 3.44. The predicted octanol–water partition coefficient (Wildman–Crippen LogP) is 3.92. The van der Waals surface area contributed by atoms with Crippen LogP contribution < -0.4 is 0 Å². The summed E-state index contributed by atoms with van der Waals surface area (Å²) in [5.41, 5.74) is -0.747. The lowest BCUT2D eigenvalue weighted by Gasteiger charge is -2.06. The monoisotopic (exact) mass is 347 g/mol. The van der Waals surface area contributed by atoms with E-state index in [9.17, 15) is 13.6 Å². The molecule has 1 aromatic rings. The number of pyridine rings is 1. The first kappa shape index (κ1) is 12.0. The van der Waals surface area contributed by atoms with Crippen LogP contribution in [0.5, 0.6) is 0 Å². The predicted molar refractivity (Wildman–Crippen MR) is 54.8 cm³/mol. The molecule has 0 unspecified atom stereocenters. The van der Waals surface area contributed by atoms with Gasteiger partial charge in [-0.25, -0.2) is 13.8 Å². The molecule has 0 N–H and O–H groups in total. The Kier molecular flexibility index (Phi) is 3.97. The van der Waals surface area contributed by atoms with Crippen molar-refractivity contribution in [1.82, 2.24) is 4.98 Å². The number of hydrogen-bond donors (Lipinski definition) is 0. The maximum absolute atomic E-state index is 12.5. The number of alkyl halides is 2. The zero-order valence-corrected chi connectivity index (χ0v) is 10.3. The molecule has 0 atom stereocenters. The molecule has 0 spiro atoms. The Morgan fingerprint density at radius 2 is 2.07 bits per heavy atom. The molecule has 2 nitrogen and oxygen atoms in total. The van der Waals surface area contributed by atoms with Gasteiger partial charge in [-0.2, -0.15) is 0 Å². The van der Waals surface area contributed by atoms with Crippen molar-refractivity contribution in [1.29, 1.82) is 0 Å². The SMILES string of the molecule is O=C(Cl)c1c(C(F)F)cc(Br)nc1Br. The van der Waals surface area contributed by atoms with Crippen LogP contribution in [0.4, 0.5) is 8.78 Å². The van der Waals surface area contributed by atoms with Gasteiger partial charge in [-0.1, -0.05) is 0 Å². The maximum atomic E-state index is 12.5. The topological polar surface area (TPSA) is 30.0 Å². The number of hydrogen-bond acceptors (Lipinski definition) is 2. The summed E-state index contributed by atoms with van der Waals surface area (Å²) < 4.78 is 25.1. The number of carbonyl (C=O) groups is 1. The van der Waals surface area contributed by atoms with Gasteiger partial charge in [-0.3, -0.25) is 4.79 Å². The minimum absolute atomic E-state index is 0.00201. The first-order valence-corrected chi connectivity index (χ1v) is 5.23. The van der Waals surface area contributed by atoms with E-state index in [-0.39, 0.29) is 14.8 Å². The summed E-state index contributed by atoms with van der Waals surface area (Å²) >= 11 is 11.0. The van der Waals surface area contributed by atoms with Crippen molar-refractivity contribution in [3.63, 3.8) is 0 Å². The Morgan fingerprint density at radius 3 is 2.50 bits per heavy atom. The lowest BCUT2D eigenvalue weighted by atomic mass is 10.1. The number of nitrogens with zero attached hydrogens (tertiary/aromatic N) is 1. The van der Waals surface area contributed by atoms with Crippen molar-refractivity contribution in [3.05, 3.63) is 26.4 Å². The van der Waals surface area contributed by atoms with E-state index in [2.05, 4.69) is 36.8 Å². The van der Waals surface area contributed by atoms with Gasteiger partial charge in [-0.05, 0) is 49.5 Å². The Morgan fingerprint density at radius 1 is 1.50 bits per heavy atom. The van der Waals surface area contributed by atoms with Gasteiger partial charge >= 0.3 is 0 Å².